The van der Waals surface area contributed by atoms with E-state index in [1.807, 2.05) is 18.4 Å². The highest BCUT2D eigenvalue weighted by molar-refractivity contribution is 7.99. The molecule has 0 fully saturated rings. The molecule has 0 unspecified atom stereocenters. The molecule has 0 aliphatic heterocycles. The van der Waals surface area contributed by atoms with Crippen LogP contribution in [0.5, 0.6) is 0 Å². The molecule has 0 bridgehead atoms. The molecule has 3 rings (SSSR count). The molecule has 0 saturated heterocycles. The van der Waals surface area contributed by atoms with Crippen molar-refractivity contribution in [1.82, 2.24) is 15.0 Å². The van der Waals surface area contributed by atoms with E-state index >= 15 is 0 Å². The van der Waals surface area contributed by atoms with Crippen LogP contribution in [0.2, 0.25) is 0 Å². The second kappa shape index (κ2) is 5.14. The van der Waals surface area contributed by atoms with Crippen LogP contribution in [0.1, 0.15) is 0 Å². The highest BCUT2D eigenvalue weighted by Gasteiger charge is 2.06. The zero-order chi connectivity index (χ0) is 13.2. The summed E-state index contributed by atoms with van der Waals surface area (Å²) in [7, 11) is 0. The predicted molar refractivity (Wildman–Crippen MR) is 80.6 cm³/mol. The second-order valence-electron chi connectivity index (χ2n) is 3.94. The van der Waals surface area contributed by atoms with Crippen LogP contribution in [0.25, 0.3) is 10.9 Å². The Bertz CT molecular complexity index is 690. The number of hydrogen-bond acceptors (Lipinski definition) is 5. The minimum absolute atomic E-state index is 0.498. The lowest BCUT2D eigenvalue weighted by molar-refractivity contribution is 0.901. The van der Waals surface area contributed by atoms with Crippen molar-refractivity contribution in [2.24, 2.45) is 0 Å². The van der Waals surface area contributed by atoms with Gasteiger partial charge in [-0.3, -0.25) is 0 Å². The molecular formula is C13H12N4S2. The van der Waals surface area contributed by atoms with E-state index < -0.39 is 0 Å². The SMILES string of the molecule is CSc1nc(N)cc(Sc2cc3ccccc3[nH]2)n1. The van der Waals surface area contributed by atoms with Gasteiger partial charge in [-0.1, -0.05) is 41.7 Å². The molecular weight excluding hydrogens is 276 g/mol. The Morgan fingerprint density at radius 2 is 2.00 bits per heavy atom. The molecule has 4 nitrogen and oxygen atoms in total. The Morgan fingerprint density at radius 3 is 2.79 bits per heavy atom. The molecule has 2 heterocycles. The molecule has 0 radical (unpaired) electrons. The van der Waals surface area contributed by atoms with E-state index in [0.717, 1.165) is 15.6 Å². The lowest BCUT2D eigenvalue weighted by Crippen LogP contribution is -1.95. The molecule has 0 spiro atoms. The lowest BCUT2D eigenvalue weighted by Gasteiger charge is -2.02. The number of nitrogen functional groups attached to an aromatic ring is 1. The highest BCUT2D eigenvalue weighted by Crippen LogP contribution is 2.30. The van der Waals surface area contributed by atoms with Gasteiger partial charge in [0.25, 0.3) is 0 Å². The van der Waals surface area contributed by atoms with Crippen molar-refractivity contribution in [3.63, 3.8) is 0 Å². The number of anilines is 1. The van der Waals surface area contributed by atoms with E-state index in [0.29, 0.717) is 11.0 Å². The monoisotopic (exact) mass is 288 g/mol. The number of benzene rings is 1. The van der Waals surface area contributed by atoms with Gasteiger partial charge in [0, 0.05) is 17.0 Å². The topological polar surface area (TPSA) is 67.6 Å². The molecule has 2 aromatic heterocycles. The fraction of sp³-hybridized carbons (Fsp3) is 0.0769. The number of H-pyrrole nitrogens is 1. The molecule has 1 aromatic carbocycles. The maximum absolute atomic E-state index is 5.78. The van der Waals surface area contributed by atoms with Crippen LogP contribution >= 0.6 is 23.5 Å². The molecule has 3 aromatic rings. The average molecular weight is 288 g/mol. The quantitative estimate of drug-likeness (QED) is 0.439. The molecule has 0 atom stereocenters. The van der Waals surface area contributed by atoms with Gasteiger partial charge in [0.15, 0.2) is 5.16 Å². The third kappa shape index (κ3) is 2.69. The van der Waals surface area contributed by atoms with E-state index in [4.69, 9.17) is 5.73 Å². The van der Waals surface area contributed by atoms with Crippen LogP contribution in [-0.4, -0.2) is 21.2 Å². The van der Waals surface area contributed by atoms with Gasteiger partial charge < -0.3 is 10.7 Å². The number of aromatic nitrogens is 3. The first-order valence-corrected chi connectivity index (χ1v) is 7.73. The molecule has 6 heteroatoms. The summed E-state index contributed by atoms with van der Waals surface area (Å²) < 4.78 is 0. The summed E-state index contributed by atoms with van der Waals surface area (Å²) in [6.45, 7) is 0. The second-order valence-corrected chi connectivity index (χ2v) is 5.78. The van der Waals surface area contributed by atoms with Gasteiger partial charge in [0.1, 0.15) is 10.8 Å². The number of thioether (sulfide) groups is 1. The Labute approximate surface area is 119 Å². The lowest BCUT2D eigenvalue weighted by atomic mass is 10.3. The van der Waals surface area contributed by atoms with Crippen molar-refractivity contribution in [3.05, 3.63) is 36.4 Å². The molecule has 19 heavy (non-hydrogen) atoms. The van der Waals surface area contributed by atoms with E-state index in [1.54, 1.807) is 17.8 Å². The fourth-order valence-electron chi connectivity index (χ4n) is 1.78. The van der Waals surface area contributed by atoms with Crippen LogP contribution in [0.4, 0.5) is 5.82 Å². The van der Waals surface area contributed by atoms with Gasteiger partial charge >= 0.3 is 0 Å². The number of nitrogens with two attached hydrogens (primary N) is 1. The first kappa shape index (κ1) is 12.4. The third-order valence-electron chi connectivity index (χ3n) is 2.60. The number of fused-ring (bicyclic) bond motifs is 1. The fourth-order valence-corrected chi connectivity index (χ4v) is 3.11. The van der Waals surface area contributed by atoms with Crippen LogP contribution in [0.15, 0.2) is 51.6 Å². The largest absolute Gasteiger partial charge is 0.384 e. The van der Waals surface area contributed by atoms with Crippen molar-refractivity contribution >= 4 is 40.2 Å². The first-order chi connectivity index (χ1) is 9.24. The standard InChI is InChI=1S/C13H12N4S2/c1-18-13-16-10(14)7-12(17-13)19-11-6-8-4-2-3-5-9(8)15-11/h2-7,15H,1H3,(H2,14,16,17). The van der Waals surface area contributed by atoms with Crippen LogP contribution < -0.4 is 5.73 Å². The molecule has 96 valence electrons. The summed E-state index contributed by atoms with van der Waals surface area (Å²) in [5.74, 6) is 0.498. The average Bonchev–Trinajstić information content (AvgIpc) is 2.80. The van der Waals surface area contributed by atoms with Crippen LogP contribution in [0.3, 0.4) is 0 Å². The highest BCUT2D eigenvalue weighted by atomic mass is 32.2. The molecule has 0 aliphatic rings. The Balaban J connectivity index is 1.94. The van der Waals surface area contributed by atoms with Gasteiger partial charge in [-0.15, -0.1) is 0 Å². The van der Waals surface area contributed by atoms with E-state index in [1.165, 1.54) is 17.1 Å². The van der Waals surface area contributed by atoms with Crippen molar-refractivity contribution in [1.29, 1.82) is 0 Å². The van der Waals surface area contributed by atoms with Gasteiger partial charge in [0.05, 0.1) is 5.03 Å². The Hall–Kier alpha value is -1.66. The molecule has 3 N–H and O–H groups in total. The summed E-state index contributed by atoms with van der Waals surface area (Å²) in [6, 6.07) is 12.1. The minimum atomic E-state index is 0.498. The first-order valence-electron chi connectivity index (χ1n) is 5.69. The molecule has 0 saturated carbocycles. The minimum Gasteiger partial charge on any atom is -0.384 e. The molecule has 0 amide bonds. The van der Waals surface area contributed by atoms with Crippen molar-refractivity contribution < 1.29 is 0 Å². The number of nitrogens with zero attached hydrogens (tertiary/aromatic N) is 2. The zero-order valence-electron chi connectivity index (χ0n) is 10.3. The maximum atomic E-state index is 5.78. The van der Waals surface area contributed by atoms with Crippen LogP contribution in [0, 0.1) is 0 Å². The van der Waals surface area contributed by atoms with Gasteiger partial charge in [-0.2, -0.15) is 0 Å². The summed E-state index contributed by atoms with van der Waals surface area (Å²) >= 11 is 3.04. The Kier molecular flexibility index (Phi) is 3.35. The Morgan fingerprint density at radius 1 is 1.16 bits per heavy atom. The van der Waals surface area contributed by atoms with Gasteiger partial charge in [-0.25, -0.2) is 9.97 Å². The van der Waals surface area contributed by atoms with Crippen molar-refractivity contribution in [3.8, 4) is 0 Å². The normalized spacial score (nSPS) is 11.0. The predicted octanol–water partition coefficient (Wildman–Crippen LogP) is 3.41. The number of rotatable bonds is 3. The van der Waals surface area contributed by atoms with Crippen molar-refractivity contribution in [2.45, 2.75) is 15.2 Å². The number of hydrogen-bond donors (Lipinski definition) is 2. The molecule has 0 aliphatic carbocycles. The summed E-state index contributed by atoms with van der Waals surface area (Å²) in [6.07, 6.45) is 1.94. The van der Waals surface area contributed by atoms with Crippen molar-refractivity contribution in [2.75, 3.05) is 12.0 Å². The number of nitrogens with one attached hydrogen (secondary N) is 1. The van der Waals surface area contributed by atoms with E-state index in [2.05, 4.69) is 33.2 Å². The van der Waals surface area contributed by atoms with E-state index in [-0.39, 0.29) is 0 Å². The maximum Gasteiger partial charge on any atom is 0.190 e. The summed E-state index contributed by atoms with van der Waals surface area (Å²) in [5.41, 5.74) is 6.90. The van der Waals surface area contributed by atoms with Gasteiger partial charge in [0.2, 0.25) is 0 Å². The zero-order valence-corrected chi connectivity index (χ0v) is 11.9. The number of para-hydroxylation sites is 1. The smallest absolute Gasteiger partial charge is 0.190 e. The number of aromatic amines is 1. The van der Waals surface area contributed by atoms with Gasteiger partial charge in [-0.05, 0) is 18.4 Å². The van der Waals surface area contributed by atoms with Crippen LogP contribution in [-0.2, 0) is 0 Å². The third-order valence-corrected chi connectivity index (χ3v) is 4.01. The summed E-state index contributed by atoms with van der Waals surface area (Å²) in [5, 5.41) is 3.78. The van der Waals surface area contributed by atoms with E-state index in [9.17, 15) is 0 Å². The summed E-state index contributed by atoms with van der Waals surface area (Å²) in [4.78, 5) is 11.9.